The van der Waals surface area contributed by atoms with Crippen LogP contribution < -0.4 is 5.32 Å². The molecule has 0 aliphatic carbocycles. The number of anilines is 1. The van der Waals surface area contributed by atoms with Gasteiger partial charge in [-0.2, -0.15) is 0 Å². The Hall–Kier alpha value is -1.92. The molecule has 1 aromatic rings. The molecule has 0 bridgehead atoms. The van der Waals surface area contributed by atoms with Gasteiger partial charge in [-0.1, -0.05) is 18.5 Å². The van der Waals surface area contributed by atoms with Gasteiger partial charge >= 0.3 is 0 Å². The molecule has 4 aliphatic rings. The third-order valence-electron chi connectivity index (χ3n) is 7.02. The second-order valence-electron chi connectivity index (χ2n) is 8.12. The lowest BCUT2D eigenvalue weighted by Crippen LogP contribution is -2.54. The Morgan fingerprint density at radius 1 is 1.30 bits per heavy atom. The molecule has 6 nitrogen and oxygen atoms in total. The number of nitrogens with one attached hydrogen (secondary N) is 1. The molecular formula is C20H22ClN3O3. The lowest BCUT2D eigenvalue weighted by molar-refractivity contribution is -0.147. The molecule has 3 saturated heterocycles. The summed E-state index contributed by atoms with van der Waals surface area (Å²) in [6, 6.07) is 5.08. The summed E-state index contributed by atoms with van der Waals surface area (Å²) in [6.07, 6.45) is 2.45. The number of hydrogen-bond donors (Lipinski definition) is 1. The summed E-state index contributed by atoms with van der Waals surface area (Å²) in [7, 11) is 0. The summed E-state index contributed by atoms with van der Waals surface area (Å²) in [6.45, 7) is 4.57. The van der Waals surface area contributed by atoms with Crippen LogP contribution in [0.5, 0.6) is 0 Å². The van der Waals surface area contributed by atoms with Crippen LogP contribution in [0.1, 0.15) is 38.7 Å². The van der Waals surface area contributed by atoms with Gasteiger partial charge in [0.15, 0.2) is 0 Å². The van der Waals surface area contributed by atoms with Gasteiger partial charge in [0.25, 0.3) is 0 Å². The molecule has 3 amide bonds. The van der Waals surface area contributed by atoms with Gasteiger partial charge in [-0.15, -0.1) is 0 Å². The van der Waals surface area contributed by atoms with E-state index in [1.807, 2.05) is 13.8 Å². The molecule has 5 rings (SSSR count). The zero-order chi connectivity index (χ0) is 19.1. The van der Waals surface area contributed by atoms with Crippen molar-refractivity contribution in [3.63, 3.8) is 0 Å². The molecule has 4 aliphatic heterocycles. The highest BCUT2D eigenvalue weighted by atomic mass is 35.5. The van der Waals surface area contributed by atoms with Crippen LogP contribution in [0, 0.1) is 11.8 Å². The van der Waals surface area contributed by atoms with Gasteiger partial charge in [0.1, 0.15) is 5.54 Å². The topological polar surface area (TPSA) is 69.7 Å². The van der Waals surface area contributed by atoms with E-state index in [2.05, 4.69) is 10.2 Å². The number of benzene rings is 1. The largest absolute Gasteiger partial charge is 0.324 e. The van der Waals surface area contributed by atoms with E-state index in [4.69, 9.17) is 11.6 Å². The van der Waals surface area contributed by atoms with Gasteiger partial charge in [0.05, 0.1) is 11.8 Å². The Balaban J connectivity index is 1.74. The Morgan fingerprint density at radius 3 is 2.81 bits per heavy atom. The number of fused-ring (bicyclic) bond motifs is 7. The fourth-order valence-corrected chi connectivity index (χ4v) is 5.99. The second-order valence-corrected chi connectivity index (χ2v) is 8.56. The van der Waals surface area contributed by atoms with Crippen LogP contribution in [0.3, 0.4) is 0 Å². The lowest BCUT2D eigenvalue weighted by Gasteiger charge is -2.37. The number of likely N-dealkylation sites (tertiary alicyclic amines) is 1. The highest BCUT2D eigenvalue weighted by molar-refractivity contribution is 6.31. The molecule has 0 saturated carbocycles. The van der Waals surface area contributed by atoms with Crippen LogP contribution in [0.25, 0.3) is 0 Å². The zero-order valence-electron chi connectivity index (χ0n) is 15.4. The number of amides is 3. The number of hydrogen-bond acceptors (Lipinski definition) is 4. The standard InChI is InChI=1S/C20H22ClN3O3/c1-3-10(2)24-17(25)15-14-5-4-8-23(14)20(16(15)18(24)26)12-9-11(21)6-7-13(12)22-19(20)27/h6-7,9-10,14-16H,3-5,8H2,1-2H3,(H,22,27)/t10-,14+,15+,16-,20-/m0/s1. The predicted molar refractivity (Wildman–Crippen MR) is 100 cm³/mol. The van der Waals surface area contributed by atoms with Crippen molar-refractivity contribution in [2.75, 3.05) is 11.9 Å². The molecule has 0 unspecified atom stereocenters. The van der Waals surface area contributed by atoms with Crippen molar-refractivity contribution < 1.29 is 14.4 Å². The van der Waals surface area contributed by atoms with Crippen LogP contribution in [0.2, 0.25) is 5.02 Å². The maximum atomic E-state index is 13.5. The first-order chi connectivity index (χ1) is 12.9. The van der Waals surface area contributed by atoms with E-state index in [0.717, 1.165) is 18.4 Å². The molecule has 1 N–H and O–H groups in total. The smallest absolute Gasteiger partial charge is 0.250 e. The minimum Gasteiger partial charge on any atom is -0.324 e. The number of carbonyl (C=O) groups excluding carboxylic acids is 3. The molecule has 1 spiro atoms. The zero-order valence-corrected chi connectivity index (χ0v) is 16.1. The third kappa shape index (κ3) is 1.88. The number of rotatable bonds is 2. The number of nitrogens with zero attached hydrogens (tertiary/aromatic N) is 2. The van der Waals surface area contributed by atoms with Gasteiger partial charge in [0.2, 0.25) is 17.7 Å². The molecule has 3 fully saturated rings. The van der Waals surface area contributed by atoms with Crippen molar-refractivity contribution in [3.05, 3.63) is 28.8 Å². The highest BCUT2D eigenvalue weighted by Crippen LogP contribution is 2.60. The summed E-state index contributed by atoms with van der Waals surface area (Å²) in [5, 5.41) is 3.48. The average Bonchev–Trinajstić information content (AvgIpc) is 3.33. The normalized spacial score (nSPS) is 35.6. The van der Waals surface area contributed by atoms with Crippen molar-refractivity contribution in [2.24, 2.45) is 11.8 Å². The summed E-state index contributed by atoms with van der Waals surface area (Å²) in [5.74, 6) is -1.66. The van der Waals surface area contributed by atoms with E-state index in [9.17, 15) is 14.4 Å². The number of imide groups is 1. The van der Waals surface area contributed by atoms with Crippen molar-refractivity contribution >= 4 is 35.0 Å². The summed E-state index contributed by atoms with van der Waals surface area (Å²) < 4.78 is 0. The van der Waals surface area contributed by atoms with Gasteiger partial charge in [-0.05, 0) is 50.9 Å². The molecule has 4 heterocycles. The van der Waals surface area contributed by atoms with E-state index in [1.54, 1.807) is 18.2 Å². The second kappa shape index (κ2) is 5.55. The van der Waals surface area contributed by atoms with Crippen molar-refractivity contribution in [1.82, 2.24) is 9.80 Å². The fourth-order valence-electron chi connectivity index (χ4n) is 5.81. The van der Waals surface area contributed by atoms with Crippen LogP contribution in [0.4, 0.5) is 5.69 Å². The SMILES string of the molecule is CC[C@H](C)N1C(=O)[C@@H]2[C@H]3CCCN3[C@]3(C(=O)Nc4ccc(Cl)cc43)[C@@H]2C1=O. The molecule has 0 radical (unpaired) electrons. The monoisotopic (exact) mass is 387 g/mol. The maximum absolute atomic E-state index is 13.5. The van der Waals surface area contributed by atoms with Gasteiger partial charge in [-0.3, -0.25) is 24.2 Å². The van der Waals surface area contributed by atoms with E-state index in [0.29, 0.717) is 23.7 Å². The van der Waals surface area contributed by atoms with Crippen LogP contribution in [-0.4, -0.2) is 46.1 Å². The lowest BCUT2D eigenvalue weighted by atomic mass is 9.75. The first-order valence-corrected chi connectivity index (χ1v) is 10.1. The van der Waals surface area contributed by atoms with Gasteiger partial charge < -0.3 is 5.32 Å². The number of carbonyl (C=O) groups is 3. The number of halogens is 1. The maximum Gasteiger partial charge on any atom is 0.250 e. The molecular weight excluding hydrogens is 366 g/mol. The Labute approximate surface area is 162 Å². The average molecular weight is 388 g/mol. The quantitative estimate of drug-likeness (QED) is 0.791. The van der Waals surface area contributed by atoms with E-state index in [1.165, 1.54) is 4.90 Å². The molecule has 142 valence electrons. The first-order valence-electron chi connectivity index (χ1n) is 9.68. The fraction of sp³-hybridized carbons (Fsp3) is 0.550. The van der Waals surface area contributed by atoms with Crippen LogP contribution in [-0.2, 0) is 19.9 Å². The minimum absolute atomic E-state index is 0.0730. The predicted octanol–water partition coefficient (Wildman–Crippen LogP) is 2.37. The Bertz CT molecular complexity index is 887. The van der Waals surface area contributed by atoms with Crippen molar-refractivity contribution in [2.45, 2.75) is 50.7 Å². The molecule has 5 atom stereocenters. The Morgan fingerprint density at radius 2 is 2.07 bits per heavy atom. The van der Waals surface area contributed by atoms with Crippen LogP contribution in [0.15, 0.2) is 18.2 Å². The summed E-state index contributed by atoms with van der Waals surface area (Å²) in [5.41, 5.74) is 0.311. The molecule has 27 heavy (non-hydrogen) atoms. The van der Waals surface area contributed by atoms with Gasteiger partial charge in [0, 0.05) is 28.4 Å². The first kappa shape index (κ1) is 17.2. The van der Waals surface area contributed by atoms with E-state index < -0.39 is 17.4 Å². The van der Waals surface area contributed by atoms with Gasteiger partial charge in [-0.25, -0.2) is 0 Å². The minimum atomic E-state index is -1.12. The summed E-state index contributed by atoms with van der Waals surface area (Å²) in [4.78, 5) is 43.7. The Kier molecular flexibility index (Phi) is 3.53. The van der Waals surface area contributed by atoms with Crippen molar-refractivity contribution in [1.29, 1.82) is 0 Å². The molecule has 0 aromatic heterocycles. The van der Waals surface area contributed by atoms with E-state index >= 15 is 0 Å². The third-order valence-corrected chi connectivity index (χ3v) is 7.26. The van der Waals surface area contributed by atoms with E-state index in [-0.39, 0.29) is 29.8 Å². The molecule has 7 heteroatoms. The highest BCUT2D eigenvalue weighted by Gasteiger charge is 2.74. The molecule has 1 aromatic carbocycles. The van der Waals surface area contributed by atoms with Crippen molar-refractivity contribution in [3.8, 4) is 0 Å². The summed E-state index contributed by atoms with van der Waals surface area (Å²) >= 11 is 6.27. The van der Waals surface area contributed by atoms with Crippen LogP contribution >= 0.6 is 11.6 Å².